The van der Waals surface area contributed by atoms with E-state index in [4.69, 9.17) is 8.94 Å². The van der Waals surface area contributed by atoms with Crippen molar-refractivity contribution in [2.45, 2.75) is 62.9 Å². The fourth-order valence-electron chi connectivity index (χ4n) is 3.16. The number of furan rings is 1. The van der Waals surface area contributed by atoms with Crippen LogP contribution in [0.3, 0.4) is 0 Å². The first-order chi connectivity index (χ1) is 13.5. The van der Waals surface area contributed by atoms with Crippen molar-refractivity contribution >= 4 is 17.7 Å². The Balaban J connectivity index is 1.54. The van der Waals surface area contributed by atoms with Crippen molar-refractivity contribution < 1.29 is 8.94 Å². The highest BCUT2D eigenvalue weighted by atomic mass is 32.2. The molecular formula is C19H26N6O2S. The number of piperidine rings is 1. The topological polar surface area (TPSA) is 86.0 Å². The molecule has 150 valence electrons. The number of aromatic nitrogens is 5. The van der Waals surface area contributed by atoms with Crippen molar-refractivity contribution in [2.24, 2.45) is 0 Å². The van der Waals surface area contributed by atoms with E-state index < -0.39 is 0 Å². The minimum atomic E-state index is -0.132. The third kappa shape index (κ3) is 4.24. The lowest BCUT2D eigenvalue weighted by Gasteiger charge is -2.27. The highest BCUT2D eigenvalue weighted by Crippen LogP contribution is 2.28. The van der Waals surface area contributed by atoms with E-state index in [0.29, 0.717) is 24.0 Å². The standard InChI is InChI=1S/C19H26N6O2S/c1-19(2,3)16-20-15(27-23-16)13-28-18-22-21-17(24-9-5-4-6-10-24)25(18)12-14-8-7-11-26-14/h7-8,11H,4-6,9-10,12-13H2,1-3H3. The zero-order valence-electron chi connectivity index (χ0n) is 16.6. The highest BCUT2D eigenvalue weighted by Gasteiger charge is 2.23. The zero-order valence-corrected chi connectivity index (χ0v) is 17.4. The van der Waals surface area contributed by atoms with Gasteiger partial charge >= 0.3 is 0 Å². The lowest BCUT2D eigenvalue weighted by molar-refractivity contribution is 0.372. The normalized spacial score (nSPS) is 15.3. The Hall–Kier alpha value is -2.29. The molecule has 0 aromatic carbocycles. The van der Waals surface area contributed by atoms with Gasteiger partial charge in [-0.3, -0.25) is 4.57 Å². The van der Waals surface area contributed by atoms with Crippen LogP contribution in [0.2, 0.25) is 0 Å². The Morgan fingerprint density at radius 2 is 1.96 bits per heavy atom. The first-order valence-corrected chi connectivity index (χ1v) is 10.7. The first-order valence-electron chi connectivity index (χ1n) is 9.67. The largest absolute Gasteiger partial charge is 0.467 e. The number of thioether (sulfide) groups is 1. The lowest BCUT2D eigenvalue weighted by Crippen LogP contribution is -2.32. The molecule has 28 heavy (non-hydrogen) atoms. The molecule has 3 aromatic rings. The Morgan fingerprint density at radius 3 is 2.64 bits per heavy atom. The van der Waals surface area contributed by atoms with Crippen LogP contribution in [-0.4, -0.2) is 38.0 Å². The molecule has 0 radical (unpaired) electrons. The van der Waals surface area contributed by atoms with Gasteiger partial charge in [0.15, 0.2) is 11.0 Å². The molecule has 1 aliphatic rings. The van der Waals surface area contributed by atoms with E-state index in [-0.39, 0.29) is 5.41 Å². The van der Waals surface area contributed by atoms with Crippen LogP contribution in [0.25, 0.3) is 0 Å². The van der Waals surface area contributed by atoms with Crippen LogP contribution in [0.15, 0.2) is 32.5 Å². The predicted octanol–water partition coefficient (Wildman–Crippen LogP) is 3.88. The Labute approximate surface area is 168 Å². The maximum atomic E-state index is 5.56. The van der Waals surface area contributed by atoms with E-state index in [0.717, 1.165) is 30.0 Å². The summed E-state index contributed by atoms with van der Waals surface area (Å²) in [5, 5.41) is 13.9. The summed E-state index contributed by atoms with van der Waals surface area (Å²) in [5.74, 6) is 3.66. The molecule has 1 aliphatic heterocycles. The van der Waals surface area contributed by atoms with Crippen molar-refractivity contribution in [1.82, 2.24) is 24.9 Å². The molecule has 0 spiro atoms. The molecule has 9 heteroatoms. The smallest absolute Gasteiger partial charge is 0.237 e. The average molecular weight is 403 g/mol. The monoisotopic (exact) mass is 402 g/mol. The molecule has 1 fully saturated rings. The quantitative estimate of drug-likeness (QED) is 0.574. The Morgan fingerprint density at radius 1 is 1.14 bits per heavy atom. The molecule has 0 aliphatic carbocycles. The molecule has 0 bridgehead atoms. The minimum Gasteiger partial charge on any atom is -0.467 e. The van der Waals surface area contributed by atoms with E-state index in [1.807, 2.05) is 12.1 Å². The van der Waals surface area contributed by atoms with Gasteiger partial charge in [-0.15, -0.1) is 10.2 Å². The Kier molecular flexibility index (Phi) is 5.43. The molecule has 0 saturated carbocycles. The van der Waals surface area contributed by atoms with Gasteiger partial charge in [-0.05, 0) is 31.4 Å². The fraction of sp³-hybridized carbons (Fsp3) is 0.579. The van der Waals surface area contributed by atoms with Crippen LogP contribution in [0.4, 0.5) is 5.95 Å². The van der Waals surface area contributed by atoms with Crippen LogP contribution >= 0.6 is 11.8 Å². The molecule has 4 rings (SSSR count). The average Bonchev–Trinajstić information content (AvgIpc) is 3.42. The summed E-state index contributed by atoms with van der Waals surface area (Å²) in [6, 6.07) is 3.88. The molecule has 3 aromatic heterocycles. The molecule has 4 heterocycles. The van der Waals surface area contributed by atoms with Gasteiger partial charge in [0.2, 0.25) is 11.8 Å². The van der Waals surface area contributed by atoms with Gasteiger partial charge in [0.05, 0.1) is 18.6 Å². The summed E-state index contributed by atoms with van der Waals surface area (Å²) in [6.45, 7) is 8.84. The van der Waals surface area contributed by atoms with Crippen LogP contribution in [0, 0.1) is 0 Å². The van der Waals surface area contributed by atoms with Crippen LogP contribution < -0.4 is 4.90 Å². The van der Waals surface area contributed by atoms with Crippen LogP contribution in [0.1, 0.15) is 57.5 Å². The summed E-state index contributed by atoms with van der Waals surface area (Å²) < 4.78 is 13.1. The molecule has 0 atom stereocenters. The van der Waals surface area contributed by atoms with Crippen LogP contribution in [-0.2, 0) is 17.7 Å². The lowest BCUT2D eigenvalue weighted by atomic mass is 9.96. The maximum Gasteiger partial charge on any atom is 0.237 e. The number of anilines is 1. The van der Waals surface area contributed by atoms with E-state index in [2.05, 4.69) is 50.6 Å². The minimum absolute atomic E-state index is 0.132. The van der Waals surface area contributed by atoms with Gasteiger partial charge in [-0.25, -0.2) is 0 Å². The van der Waals surface area contributed by atoms with Gasteiger partial charge in [0.1, 0.15) is 5.76 Å². The fourth-order valence-corrected chi connectivity index (χ4v) is 3.93. The van der Waals surface area contributed by atoms with Crippen LogP contribution in [0.5, 0.6) is 0 Å². The third-order valence-corrected chi connectivity index (χ3v) is 5.65. The van der Waals surface area contributed by atoms with Gasteiger partial charge < -0.3 is 13.8 Å². The predicted molar refractivity (Wildman–Crippen MR) is 106 cm³/mol. The first kappa shape index (κ1) is 19.0. The van der Waals surface area contributed by atoms with Crippen molar-refractivity contribution in [3.63, 3.8) is 0 Å². The number of hydrogen-bond acceptors (Lipinski definition) is 8. The van der Waals surface area contributed by atoms with Gasteiger partial charge in [0, 0.05) is 18.5 Å². The van der Waals surface area contributed by atoms with Gasteiger partial charge in [-0.2, -0.15) is 4.98 Å². The molecular weight excluding hydrogens is 376 g/mol. The number of rotatable bonds is 6. The molecule has 0 unspecified atom stereocenters. The van der Waals surface area contributed by atoms with Crippen molar-refractivity contribution in [1.29, 1.82) is 0 Å². The second-order valence-electron chi connectivity index (χ2n) is 8.05. The van der Waals surface area contributed by atoms with Gasteiger partial charge in [0.25, 0.3) is 0 Å². The third-order valence-electron chi connectivity index (χ3n) is 4.69. The summed E-state index contributed by atoms with van der Waals surface area (Å²) in [5.41, 5.74) is -0.132. The van der Waals surface area contributed by atoms with E-state index in [9.17, 15) is 0 Å². The van der Waals surface area contributed by atoms with Gasteiger partial charge in [-0.1, -0.05) is 37.7 Å². The number of nitrogens with zero attached hydrogens (tertiary/aromatic N) is 6. The van der Waals surface area contributed by atoms with E-state index >= 15 is 0 Å². The highest BCUT2D eigenvalue weighted by molar-refractivity contribution is 7.98. The van der Waals surface area contributed by atoms with E-state index in [1.165, 1.54) is 19.3 Å². The van der Waals surface area contributed by atoms with Crippen molar-refractivity contribution in [2.75, 3.05) is 18.0 Å². The molecule has 8 nitrogen and oxygen atoms in total. The molecule has 1 saturated heterocycles. The summed E-state index contributed by atoms with van der Waals surface area (Å²) >= 11 is 1.56. The summed E-state index contributed by atoms with van der Waals surface area (Å²) in [4.78, 5) is 6.83. The SMILES string of the molecule is CC(C)(C)c1noc(CSc2nnc(N3CCCCC3)n2Cc2ccco2)n1. The molecule has 0 amide bonds. The maximum absolute atomic E-state index is 5.56. The molecule has 0 N–H and O–H groups in total. The Bertz CT molecular complexity index is 890. The summed E-state index contributed by atoms with van der Waals surface area (Å²) in [7, 11) is 0. The van der Waals surface area contributed by atoms with Crippen molar-refractivity contribution in [3.05, 3.63) is 35.9 Å². The summed E-state index contributed by atoms with van der Waals surface area (Å²) in [6.07, 6.45) is 5.35. The second-order valence-corrected chi connectivity index (χ2v) is 8.99. The number of hydrogen-bond donors (Lipinski definition) is 0. The van der Waals surface area contributed by atoms with Crippen molar-refractivity contribution in [3.8, 4) is 0 Å². The zero-order chi connectivity index (χ0) is 19.6. The van der Waals surface area contributed by atoms with E-state index in [1.54, 1.807) is 18.0 Å². The second kappa shape index (κ2) is 7.98.